The van der Waals surface area contributed by atoms with Crippen LogP contribution in [0.25, 0.3) is 0 Å². The summed E-state index contributed by atoms with van der Waals surface area (Å²) in [6.07, 6.45) is 0. The Morgan fingerprint density at radius 1 is 1.47 bits per heavy atom. The number of hydrogen-bond donors (Lipinski definition) is 1. The van der Waals surface area contributed by atoms with Gasteiger partial charge in [0.15, 0.2) is 0 Å². The lowest BCUT2D eigenvalue weighted by molar-refractivity contribution is -0.115. The lowest BCUT2D eigenvalue weighted by atomic mass is 9.86. The predicted octanol–water partition coefficient (Wildman–Crippen LogP) is 2.92. The molecule has 1 unspecified atom stereocenters. The summed E-state index contributed by atoms with van der Waals surface area (Å²) in [5.41, 5.74) is 1.32. The molecule has 17 heavy (non-hydrogen) atoms. The van der Waals surface area contributed by atoms with Crippen molar-refractivity contribution in [2.24, 2.45) is 0 Å². The highest BCUT2D eigenvalue weighted by Gasteiger charge is 2.26. The van der Waals surface area contributed by atoms with E-state index in [2.05, 4.69) is 11.4 Å². The molecule has 3 nitrogen and oxygen atoms in total. The van der Waals surface area contributed by atoms with Crippen molar-refractivity contribution in [3.63, 3.8) is 0 Å². The van der Waals surface area contributed by atoms with Crippen LogP contribution in [0.3, 0.4) is 0 Å². The third kappa shape index (κ3) is 2.16. The van der Waals surface area contributed by atoms with Gasteiger partial charge in [0, 0.05) is 4.90 Å². The molecule has 1 amide bonds. The van der Waals surface area contributed by atoms with Crippen LogP contribution < -0.4 is 5.32 Å². The quantitative estimate of drug-likeness (QED) is 0.829. The summed E-state index contributed by atoms with van der Waals surface area (Å²) < 4.78 is 0. The molecule has 0 saturated heterocycles. The van der Waals surface area contributed by atoms with Crippen LogP contribution in [0, 0.1) is 11.3 Å². The monoisotopic (exact) mass is 246 g/mol. The normalized spacial score (nSPS) is 19.2. The fourth-order valence-corrected chi connectivity index (χ4v) is 2.64. The standard InChI is InChI=1S/C13H14N2OS/c1-8-12(16)15-10-5-4-9(6-11(10)17-8)13(2,3)7-14/h4-6,8H,1-3H3,(H,15,16). The van der Waals surface area contributed by atoms with Gasteiger partial charge in [0.05, 0.1) is 22.4 Å². The van der Waals surface area contributed by atoms with Crippen LogP contribution in [-0.4, -0.2) is 11.2 Å². The molecule has 0 bridgehead atoms. The number of carbonyl (C=O) groups is 1. The fourth-order valence-electron chi connectivity index (χ4n) is 1.65. The molecule has 0 aliphatic carbocycles. The van der Waals surface area contributed by atoms with E-state index in [0.29, 0.717) is 0 Å². The van der Waals surface area contributed by atoms with Crippen molar-refractivity contribution >= 4 is 23.4 Å². The summed E-state index contributed by atoms with van der Waals surface area (Å²) in [6.45, 7) is 5.67. The first-order valence-electron chi connectivity index (χ1n) is 5.47. The second-order valence-corrected chi connectivity index (χ2v) is 6.08. The number of nitrogens with one attached hydrogen (secondary N) is 1. The van der Waals surface area contributed by atoms with Gasteiger partial charge in [-0.1, -0.05) is 6.07 Å². The minimum atomic E-state index is -0.500. The molecule has 1 heterocycles. The molecule has 1 aliphatic rings. The molecular formula is C13H14N2OS. The molecule has 4 heteroatoms. The molecule has 1 aromatic rings. The lowest BCUT2D eigenvalue weighted by Gasteiger charge is -2.24. The maximum absolute atomic E-state index is 11.5. The molecule has 1 atom stereocenters. The van der Waals surface area contributed by atoms with Crippen molar-refractivity contribution in [1.82, 2.24) is 0 Å². The largest absolute Gasteiger partial charge is 0.324 e. The van der Waals surface area contributed by atoms with Gasteiger partial charge in [-0.2, -0.15) is 5.26 Å². The van der Waals surface area contributed by atoms with E-state index in [4.69, 9.17) is 5.26 Å². The Morgan fingerprint density at radius 3 is 2.82 bits per heavy atom. The molecule has 0 spiro atoms. The minimum Gasteiger partial charge on any atom is -0.324 e. The highest BCUT2D eigenvalue weighted by atomic mass is 32.2. The number of anilines is 1. The van der Waals surface area contributed by atoms with E-state index in [9.17, 15) is 4.79 Å². The zero-order valence-corrected chi connectivity index (χ0v) is 10.9. The Hall–Kier alpha value is -1.47. The lowest BCUT2D eigenvalue weighted by Crippen LogP contribution is -2.26. The first-order chi connectivity index (χ1) is 7.94. The van der Waals surface area contributed by atoms with Crippen LogP contribution in [0.5, 0.6) is 0 Å². The van der Waals surface area contributed by atoms with Crippen LogP contribution in [0.2, 0.25) is 0 Å². The molecule has 1 N–H and O–H groups in total. The summed E-state index contributed by atoms with van der Waals surface area (Å²) in [5.74, 6) is 0.0368. The van der Waals surface area contributed by atoms with Crippen molar-refractivity contribution in [3.8, 4) is 6.07 Å². The second kappa shape index (κ2) is 4.08. The second-order valence-electron chi connectivity index (χ2n) is 4.70. The summed E-state index contributed by atoms with van der Waals surface area (Å²) in [6, 6.07) is 8.06. The van der Waals surface area contributed by atoms with Crippen molar-refractivity contribution < 1.29 is 4.79 Å². The molecular weight excluding hydrogens is 232 g/mol. The van der Waals surface area contributed by atoms with Crippen molar-refractivity contribution in [2.75, 3.05) is 5.32 Å². The number of nitriles is 1. The molecule has 1 aliphatic heterocycles. The van der Waals surface area contributed by atoms with E-state index >= 15 is 0 Å². The first kappa shape index (κ1) is 12.0. The van der Waals surface area contributed by atoms with Gasteiger partial charge in [-0.25, -0.2) is 0 Å². The Morgan fingerprint density at radius 2 is 2.18 bits per heavy atom. The molecule has 2 rings (SSSR count). The van der Waals surface area contributed by atoms with E-state index in [0.717, 1.165) is 16.1 Å². The molecule has 1 aromatic carbocycles. The number of nitrogens with zero attached hydrogens (tertiary/aromatic N) is 1. The number of amides is 1. The van der Waals surface area contributed by atoms with Gasteiger partial charge in [0.1, 0.15) is 0 Å². The number of rotatable bonds is 1. The summed E-state index contributed by atoms with van der Waals surface area (Å²) in [5, 5.41) is 11.9. The Balaban J connectivity index is 2.43. The van der Waals surface area contributed by atoms with Gasteiger partial charge in [0.25, 0.3) is 0 Å². The first-order valence-corrected chi connectivity index (χ1v) is 6.35. The van der Waals surface area contributed by atoms with E-state index in [1.54, 1.807) is 0 Å². The van der Waals surface area contributed by atoms with E-state index in [1.165, 1.54) is 11.8 Å². The summed E-state index contributed by atoms with van der Waals surface area (Å²) in [4.78, 5) is 12.6. The zero-order chi connectivity index (χ0) is 12.6. The average molecular weight is 246 g/mol. The maximum atomic E-state index is 11.5. The van der Waals surface area contributed by atoms with Crippen LogP contribution in [-0.2, 0) is 10.2 Å². The maximum Gasteiger partial charge on any atom is 0.237 e. The molecule has 0 saturated carbocycles. The Kier molecular flexibility index (Phi) is 2.88. The highest BCUT2D eigenvalue weighted by Crippen LogP contribution is 2.38. The van der Waals surface area contributed by atoms with Crippen molar-refractivity contribution in [2.45, 2.75) is 36.3 Å². The Labute approximate surface area is 105 Å². The number of carbonyl (C=O) groups excluding carboxylic acids is 1. The van der Waals surface area contributed by atoms with Crippen LogP contribution in [0.4, 0.5) is 5.69 Å². The van der Waals surface area contributed by atoms with Gasteiger partial charge in [-0.3, -0.25) is 4.79 Å². The van der Waals surface area contributed by atoms with Crippen LogP contribution in [0.15, 0.2) is 23.1 Å². The topological polar surface area (TPSA) is 52.9 Å². The third-order valence-electron chi connectivity index (χ3n) is 2.91. The number of benzene rings is 1. The number of thioether (sulfide) groups is 1. The highest BCUT2D eigenvalue weighted by molar-refractivity contribution is 8.00. The Bertz CT molecular complexity index is 517. The number of hydrogen-bond acceptors (Lipinski definition) is 3. The van der Waals surface area contributed by atoms with Crippen molar-refractivity contribution in [3.05, 3.63) is 23.8 Å². The molecule has 0 radical (unpaired) electrons. The summed E-state index contributed by atoms with van der Waals surface area (Å²) >= 11 is 1.54. The minimum absolute atomic E-state index is 0.0368. The predicted molar refractivity (Wildman–Crippen MR) is 69.0 cm³/mol. The molecule has 88 valence electrons. The molecule has 0 aromatic heterocycles. The fraction of sp³-hybridized carbons (Fsp3) is 0.385. The van der Waals surface area contributed by atoms with Gasteiger partial charge in [-0.05, 0) is 38.5 Å². The van der Waals surface area contributed by atoms with Gasteiger partial charge >= 0.3 is 0 Å². The van der Waals surface area contributed by atoms with Gasteiger partial charge in [-0.15, -0.1) is 11.8 Å². The summed E-state index contributed by atoms with van der Waals surface area (Å²) in [7, 11) is 0. The zero-order valence-electron chi connectivity index (χ0n) is 10.1. The average Bonchev–Trinajstić information content (AvgIpc) is 2.30. The van der Waals surface area contributed by atoms with Gasteiger partial charge in [0.2, 0.25) is 5.91 Å². The van der Waals surface area contributed by atoms with E-state index in [-0.39, 0.29) is 11.2 Å². The van der Waals surface area contributed by atoms with E-state index in [1.807, 2.05) is 39.0 Å². The van der Waals surface area contributed by atoms with Crippen LogP contribution in [0.1, 0.15) is 26.3 Å². The van der Waals surface area contributed by atoms with Gasteiger partial charge < -0.3 is 5.32 Å². The SMILES string of the molecule is CC1Sc2cc(C(C)(C)C#N)ccc2NC1=O. The van der Waals surface area contributed by atoms with Crippen LogP contribution >= 0.6 is 11.8 Å². The molecule has 0 fully saturated rings. The number of fused-ring (bicyclic) bond motifs is 1. The van der Waals surface area contributed by atoms with E-state index < -0.39 is 5.41 Å². The third-order valence-corrected chi connectivity index (χ3v) is 4.07. The smallest absolute Gasteiger partial charge is 0.237 e. The van der Waals surface area contributed by atoms with Crippen molar-refractivity contribution in [1.29, 1.82) is 5.26 Å².